The van der Waals surface area contributed by atoms with Gasteiger partial charge in [0.1, 0.15) is 11.6 Å². The Balaban J connectivity index is 1.65. The summed E-state index contributed by atoms with van der Waals surface area (Å²) >= 11 is 0. The van der Waals surface area contributed by atoms with Crippen molar-refractivity contribution in [3.05, 3.63) is 54.1 Å². The molecule has 3 rings (SSSR count). The molecule has 0 bridgehead atoms. The van der Waals surface area contributed by atoms with Gasteiger partial charge in [0, 0.05) is 51.9 Å². The quantitative estimate of drug-likeness (QED) is 0.331. The Morgan fingerprint density at radius 1 is 1.24 bits per heavy atom. The van der Waals surface area contributed by atoms with Gasteiger partial charge in [0.2, 0.25) is 18.3 Å². The number of carbonyl (C=O) groups is 2. The molecule has 0 radical (unpaired) electrons. The van der Waals surface area contributed by atoms with Gasteiger partial charge in [-0.25, -0.2) is 0 Å². The SMILES string of the molecule is C=CC(=O)N1CCN(C(CC)c2ccc(CNc3nc(N)cc(N(C=O)C(C)(C)COC)n3)cc2)CC1. The summed E-state index contributed by atoms with van der Waals surface area (Å²) in [7, 11) is 1.59. The average molecular weight is 510 g/mol. The van der Waals surface area contributed by atoms with Crippen molar-refractivity contribution in [3.63, 3.8) is 0 Å². The number of nitrogen functional groups attached to an aromatic ring is 1. The van der Waals surface area contributed by atoms with Crippen LogP contribution in [-0.4, -0.2) is 77.5 Å². The van der Waals surface area contributed by atoms with Crippen LogP contribution < -0.4 is 16.0 Å². The normalized spacial score (nSPS) is 15.2. The molecule has 1 atom stereocenters. The maximum absolute atomic E-state index is 11.9. The van der Waals surface area contributed by atoms with E-state index in [0.29, 0.717) is 31.0 Å². The van der Waals surface area contributed by atoms with Crippen molar-refractivity contribution < 1.29 is 14.3 Å². The molecule has 3 N–H and O–H groups in total. The van der Waals surface area contributed by atoms with Gasteiger partial charge in [-0.1, -0.05) is 37.8 Å². The third-order valence-electron chi connectivity index (χ3n) is 6.68. The van der Waals surface area contributed by atoms with E-state index < -0.39 is 5.54 Å². The van der Waals surface area contributed by atoms with E-state index in [2.05, 4.69) is 58.0 Å². The fraction of sp³-hybridized carbons (Fsp3) is 0.481. The minimum atomic E-state index is -0.603. The van der Waals surface area contributed by atoms with Gasteiger partial charge in [0.15, 0.2) is 0 Å². The second kappa shape index (κ2) is 12.6. The van der Waals surface area contributed by atoms with Crippen molar-refractivity contribution in [1.82, 2.24) is 19.8 Å². The van der Waals surface area contributed by atoms with Gasteiger partial charge in [0.25, 0.3) is 0 Å². The summed E-state index contributed by atoms with van der Waals surface area (Å²) in [6.07, 6.45) is 3.10. The summed E-state index contributed by atoms with van der Waals surface area (Å²) in [6.45, 7) is 13.5. The van der Waals surface area contributed by atoms with E-state index in [4.69, 9.17) is 10.5 Å². The minimum Gasteiger partial charge on any atom is -0.383 e. The molecule has 0 spiro atoms. The van der Waals surface area contributed by atoms with Crippen LogP contribution >= 0.6 is 0 Å². The van der Waals surface area contributed by atoms with Crippen molar-refractivity contribution >= 4 is 29.9 Å². The first kappa shape index (κ1) is 28.1. The zero-order chi connectivity index (χ0) is 27.0. The van der Waals surface area contributed by atoms with E-state index in [0.717, 1.165) is 44.6 Å². The van der Waals surface area contributed by atoms with Crippen LogP contribution in [0.3, 0.4) is 0 Å². The van der Waals surface area contributed by atoms with Crippen LogP contribution in [0.25, 0.3) is 0 Å². The summed E-state index contributed by atoms with van der Waals surface area (Å²) in [4.78, 5) is 38.3. The summed E-state index contributed by atoms with van der Waals surface area (Å²) in [6, 6.07) is 10.4. The third-order valence-corrected chi connectivity index (χ3v) is 6.68. The summed E-state index contributed by atoms with van der Waals surface area (Å²) < 4.78 is 5.26. The lowest BCUT2D eigenvalue weighted by molar-refractivity contribution is -0.128. The Hall–Kier alpha value is -3.50. The molecule has 10 nitrogen and oxygen atoms in total. The molecule has 0 aliphatic carbocycles. The Labute approximate surface area is 219 Å². The van der Waals surface area contributed by atoms with Gasteiger partial charge >= 0.3 is 0 Å². The van der Waals surface area contributed by atoms with E-state index in [9.17, 15) is 9.59 Å². The zero-order valence-electron chi connectivity index (χ0n) is 22.3. The highest BCUT2D eigenvalue weighted by Gasteiger charge is 2.29. The highest BCUT2D eigenvalue weighted by atomic mass is 16.5. The smallest absolute Gasteiger partial charge is 0.246 e. The molecule has 2 aromatic rings. The van der Waals surface area contributed by atoms with Crippen LogP contribution in [0.1, 0.15) is 44.4 Å². The van der Waals surface area contributed by atoms with Gasteiger partial charge in [-0.05, 0) is 37.5 Å². The minimum absolute atomic E-state index is 0.00150. The standard InChI is InChI=1S/C27H39N7O3/c1-6-22(32-12-14-33(15-13-32)25(36)7-2)21-10-8-20(9-11-21)17-29-26-30-23(28)16-24(31-26)34(19-35)27(3,4)18-37-5/h7-11,16,19,22H,2,6,12-15,17-18H2,1,3-5H3,(H3,28,29,30,31). The lowest BCUT2D eigenvalue weighted by Crippen LogP contribution is -2.49. The van der Waals surface area contributed by atoms with Gasteiger partial charge in [-0.3, -0.25) is 19.4 Å². The number of piperazine rings is 1. The first-order chi connectivity index (χ1) is 17.7. The van der Waals surface area contributed by atoms with Gasteiger partial charge in [-0.2, -0.15) is 9.97 Å². The Kier molecular flexibility index (Phi) is 9.60. The number of anilines is 3. The number of methoxy groups -OCH3 is 1. The second-order valence-electron chi connectivity index (χ2n) is 9.78. The predicted octanol–water partition coefficient (Wildman–Crippen LogP) is 2.84. The molecular weight excluding hydrogens is 470 g/mol. The van der Waals surface area contributed by atoms with Crippen LogP contribution in [-0.2, 0) is 20.9 Å². The molecule has 200 valence electrons. The van der Waals surface area contributed by atoms with Crippen LogP contribution in [0.5, 0.6) is 0 Å². The lowest BCUT2D eigenvalue weighted by atomic mass is 10.0. The molecule has 1 aliphatic rings. The van der Waals surface area contributed by atoms with Crippen molar-refractivity contribution in [2.24, 2.45) is 0 Å². The molecular formula is C27H39N7O3. The lowest BCUT2D eigenvalue weighted by Gasteiger charge is -2.39. The third kappa shape index (κ3) is 7.05. The molecule has 2 heterocycles. The van der Waals surface area contributed by atoms with Crippen molar-refractivity contribution in [1.29, 1.82) is 0 Å². The summed E-state index contributed by atoms with van der Waals surface area (Å²) in [5, 5.41) is 3.22. The van der Waals surface area contributed by atoms with Crippen LogP contribution in [0.2, 0.25) is 0 Å². The van der Waals surface area contributed by atoms with Crippen LogP contribution in [0, 0.1) is 0 Å². The second-order valence-corrected chi connectivity index (χ2v) is 9.78. The number of nitrogens with one attached hydrogen (secondary N) is 1. The average Bonchev–Trinajstić information content (AvgIpc) is 2.88. The van der Waals surface area contributed by atoms with E-state index in [-0.39, 0.29) is 11.7 Å². The fourth-order valence-electron chi connectivity index (χ4n) is 4.71. The molecule has 2 amide bonds. The highest BCUT2D eigenvalue weighted by Crippen LogP contribution is 2.27. The number of aromatic nitrogens is 2. The van der Waals surface area contributed by atoms with Crippen molar-refractivity contribution in [2.75, 3.05) is 55.8 Å². The van der Waals surface area contributed by atoms with E-state index >= 15 is 0 Å². The Morgan fingerprint density at radius 3 is 2.49 bits per heavy atom. The van der Waals surface area contributed by atoms with E-state index in [1.54, 1.807) is 13.2 Å². The van der Waals surface area contributed by atoms with E-state index in [1.165, 1.54) is 16.5 Å². The Bertz CT molecular complexity index is 1070. The summed E-state index contributed by atoms with van der Waals surface area (Å²) in [5.41, 5.74) is 7.73. The largest absolute Gasteiger partial charge is 0.383 e. The maximum atomic E-state index is 11.9. The number of nitrogens with zero attached hydrogens (tertiary/aromatic N) is 5. The number of benzene rings is 1. The Morgan fingerprint density at radius 2 is 1.92 bits per heavy atom. The molecule has 1 saturated heterocycles. The molecule has 1 aromatic carbocycles. The molecule has 1 unspecified atom stereocenters. The molecule has 1 aliphatic heterocycles. The van der Waals surface area contributed by atoms with Crippen molar-refractivity contribution in [2.45, 2.75) is 45.3 Å². The highest BCUT2D eigenvalue weighted by molar-refractivity contribution is 5.87. The zero-order valence-corrected chi connectivity index (χ0v) is 22.3. The molecule has 10 heteroatoms. The topological polar surface area (TPSA) is 117 Å². The van der Waals surface area contributed by atoms with Gasteiger partial charge in [0.05, 0.1) is 12.1 Å². The first-order valence-corrected chi connectivity index (χ1v) is 12.6. The predicted molar refractivity (Wildman–Crippen MR) is 146 cm³/mol. The number of ether oxygens (including phenoxy) is 1. The summed E-state index contributed by atoms with van der Waals surface area (Å²) in [5.74, 6) is 1.02. The van der Waals surface area contributed by atoms with Crippen molar-refractivity contribution in [3.8, 4) is 0 Å². The van der Waals surface area contributed by atoms with E-state index in [1.807, 2.05) is 18.7 Å². The number of carbonyl (C=O) groups excluding carboxylic acids is 2. The van der Waals surface area contributed by atoms with Gasteiger partial charge < -0.3 is 20.7 Å². The first-order valence-electron chi connectivity index (χ1n) is 12.6. The number of nitrogens with two attached hydrogens (primary N) is 1. The van der Waals surface area contributed by atoms with Gasteiger partial charge in [-0.15, -0.1) is 0 Å². The fourth-order valence-corrected chi connectivity index (χ4v) is 4.71. The number of hydrogen-bond donors (Lipinski definition) is 2. The number of hydrogen-bond acceptors (Lipinski definition) is 8. The maximum Gasteiger partial charge on any atom is 0.246 e. The van der Waals surface area contributed by atoms with Crippen LogP contribution in [0.15, 0.2) is 43.0 Å². The molecule has 37 heavy (non-hydrogen) atoms. The monoisotopic (exact) mass is 509 g/mol. The number of rotatable bonds is 12. The number of amides is 2. The molecule has 1 aromatic heterocycles. The molecule has 0 saturated carbocycles. The molecule has 1 fully saturated rings. The van der Waals surface area contributed by atoms with Crippen LogP contribution in [0.4, 0.5) is 17.6 Å².